The van der Waals surface area contributed by atoms with Gasteiger partial charge in [0.2, 0.25) is 0 Å². The van der Waals surface area contributed by atoms with Crippen LogP contribution in [0, 0.1) is 5.92 Å². The third-order valence-electron chi connectivity index (χ3n) is 3.39. The van der Waals surface area contributed by atoms with E-state index in [4.69, 9.17) is 0 Å². The number of nitrogens with one attached hydrogen (secondary N) is 1. The predicted molar refractivity (Wildman–Crippen MR) is 77.8 cm³/mol. The fourth-order valence-electron chi connectivity index (χ4n) is 2.43. The van der Waals surface area contributed by atoms with Crippen LogP contribution in [0.4, 0.5) is 0 Å². The Balaban J connectivity index is 1.82. The molecular weight excluding hydrogens is 242 g/mol. The molecule has 18 heavy (non-hydrogen) atoms. The van der Waals surface area contributed by atoms with E-state index in [-0.39, 0.29) is 0 Å². The van der Waals surface area contributed by atoms with Crippen molar-refractivity contribution < 1.29 is 0 Å². The Morgan fingerprint density at radius 3 is 3.11 bits per heavy atom. The van der Waals surface area contributed by atoms with Crippen LogP contribution in [-0.4, -0.2) is 29.0 Å². The van der Waals surface area contributed by atoms with Crippen molar-refractivity contribution in [1.82, 2.24) is 15.2 Å². The molecule has 0 aliphatic carbocycles. The van der Waals surface area contributed by atoms with Crippen LogP contribution in [0.3, 0.4) is 0 Å². The van der Waals surface area contributed by atoms with Crippen molar-refractivity contribution in [2.75, 3.05) is 13.1 Å². The van der Waals surface area contributed by atoms with E-state index < -0.39 is 0 Å². The van der Waals surface area contributed by atoms with Gasteiger partial charge in [-0.2, -0.15) is 0 Å². The van der Waals surface area contributed by atoms with Gasteiger partial charge in [-0.3, -0.25) is 4.90 Å². The summed E-state index contributed by atoms with van der Waals surface area (Å²) in [4.78, 5) is 8.45. The van der Waals surface area contributed by atoms with Gasteiger partial charge in [0.1, 0.15) is 5.01 Å². The number of rotatable bonds is 5. The Labute approximate surface area is 115 Å². The molecule has 1 aliphatic rings. The lowest BCUT2D eigenvalue weighted by atomic mass is 10.0. The molecule has 2 rings (SSSR count). The highest BCUT2D eigenvalue weighted by Crippen LogP contribution is 2.20. The third-order valence-corrected chi connectivity index (χ3v) is 4.37. The zero-order valence-corrected chi connectivity index (χ0v) is 12.6. The quantitative estimate of drug-likeness (QED) is 0.889. The Hall–Kier alpha value is -0.450. The van der Waals surface area contributed by atoms with Gasteiger partial charge in [-0.15, -0.1) is 11.3 Å². The second-order valence-electron chi connectivity index (χ2n) is 5.74. The third kappa shape index (κ3) is 4.34. The second-order valence-corrected chi connectivity index (χ2v) is 6.94. The van der Waals surface area contributed by atoms with Crippen LogP contribution in [0.15, 0.2) is 6.20 Å². The number of hydrogen-bond acceptors (Lipinski definition) is 4. The molecule has 3 nitrogen and oxygen atoms in total. The van der Waals surface area contributed by atoms with E-state index in [9.17, 15) is 0 Å². The number of hydrogen-bond donors (Lipinski definition) is 1. The molecule has 0 amide bonds. The van der Waals surface area contributed by atoms with Crippen molar-refractivity contribution in [1.29, 1.82) is 0 Å². The van der Waals surface area contributed by atoms with E-state index in [0.717, 1.165) is 19.0 Å². The summed E-state index contributed by atoms with van der Waals surface area (Å²) in [6, 6.07) is 0.540. The fraction of sp³-hybridized carbons (Fsp3) is 0.786. The standard InChI is InChI=1S/C14H25N3S/c1-11(2)15-7-13-8-16-14(18-13)10-17-6-4-5-12(3)9-17/h8,11-12,15H,4-7,9-10H2,1-3H3. The summed E-state index contributed by atoms with van der Waals surface area (Å²) in [6.45, 7) is 11.2. The van der Waals surface area contributed by atoms with Crippen LogP contribution < -0.4 is 5.32 Å². The summed E-state index contributed by atoms with van der Waals surface area (Å²) in [7, 11) is 0. The van der Waals surface area contributed by atoms with E-state index in [1.54, 1.807) is 0 Å². The largest absolute Gasteiger partial charge is 0.310 e. The average Bonchev–Trinajstić information content (AvgIpc) is 2.74. The summed E-state index contributed by atoms with van der Waals surface area (Å²) in [6.07, 6.45) is 4.76. The minimum absolute atomic E-state index is 0.540. The average molecular weight is 267 g/mol. The summed E-state index contributed by atoms with van der Waals surface area (Å²) < 4.78 is 0. The van der Waals surface area contributed by atoms with E-state index >= 15 is 0 Å². The molecule has 1 aliphatic heterocycles. The summed E-state index contributed by atoms with van der Waals surface area (Å²) in [5.41, 5.74) is 0. The maximum Gasteiger partial charge on any atom is 0.107 e. The van der Waals surface area contributed by atoms with Gasteiger partial charge in [-0.05, 0) is 25.3 Å². The van der Waals surface area contributed by atoms with Crippen molar-refractivity contribution in [2.45, 2.75) is 52.7 Å². The molecule has 0 saturated carbocycles. The first-order chi connectivity index (χ1) is 8.63. The monoisotopic (exact) mass is 267 g/mol. The zero-order chi connectivity index (χ0) is 13.0. The maximum atomic E-state index is 4.55. The van der Waals surface area contributed by atoms with Crippen molar-refractivity contribution in [2.24, 2.45) is 5.92 Å². The Morgan fingerprint density at radius 1 is 1.56 bits per heavy atom. The number of piperidine rings is 1. The molecule has 0 aromatic carbocycles. The normalized spacial score (nSPS) is 21.7. The van der Waals surface area contributed by atoms with E-state index in [1.165, 1.54) is 35.8 Å². The lowest BCUT2D eigenvalue weighted by Crippen LogP contribution is -2.33. The van der Waals surface area contributed by atoms with Crippen LogP contribution >= 0.6 is 11.3 Å². The van der Waals surface area contributed by atoms with E-state index in [1.807, 2.05) is 17.5 Å². The number of nitrogens with zero attached hydrogens (tertiary/aromatic N) is 2. The zero-order valence-electron chi connectivity index (χ0n) is 11.8. The molecule has 1 unspecified atom stereocenters. The van der Waals surface area contributed by atoms with Crippen molar-refractivity contribution in [3.05, 3.63) is 16.1 Å². The predicted octanol–water partition coefficient (Wildman–Crippen LogP) is 2.87. The van der Waals surface area contributed by atoms with Gasteiger partial charge in [-0.1, -0.05) is 20.8 Å². The van der Waals surface area contributed by atoms with Gasteiger partial charge in [-0.25, -0.2) is 4.98 Å². The van der Waals surface area contributed by atoms with Gasteiger partial charge in [0.15, 0.2) is 0 Å². The van der Waals surface area contributed by atoms with Crippen molar-refractivity contribution >= 4 is 11.3 Å². The molecule has 0 radical (unpaired) electrons. The van der Waals surface area contributed by atoms with Gasteiger partial charge in [0.25, 0.3) is 0 Å². The maximum absolute atomic E-state index is 4.55. The van der Waals surface area contributed by atoms with Gasteiger partial charge in [0.05, 0.1) is 6.54 Å². The Morgan fingerprint density at radius 2 is 2.39 bits per heavy atom. The van der Waals surface area contributed by atoms with Crippen LogP contribution in [0.1, 0.15) is 43.5 Å². The molecule has 1 atom stereocenters. The van der Waals surface area contributed by atoms with Gasteiger partial charge >= 0.3 is 0 Å². The molecule has 0 spiro atoms. The molecule has 1 saturated heterocycles. The lowest BCUT2D eigenvalue weighted by Gasteiger charge is -2.29. The van der Waals surface area contributed by atoms with Crippen LogP contribution in [0.5, 0.6) is 0 Å². The van der Waals surface area contributed by atoms with Crippen molar-refractivity contribution in [3.63, 3.8) is 0 Å². The number of likely N-dealkylation sites (tertiary alicyclic amines) is 1. The van der Waals surface area contributed by atoms with E-state index in [2.05, 4.69) is 36.0 Å². The number of aromatic nitrogens is 1. The minimum Gasteiger partial charge on any atom is -0.310 e. The molecule has 1 aromatic rings. The number of thiazole rings is 1. The summed E-state index contributed by atoms with van der Waals surface area (Å²) in [5.74, 6) is 0.848. The molecule has 102 valence electrons. The smallest absolute Gasteiger partial charge is 0.107 e. The van der Waals surface area contributed by atoms with Gasteiger partial charge < -0.3 is 5.32 Å². The van der Waals surface area contributed by atoms with E-state index in [0.29, 0.717) is 6.04 Å². The summed E-state index contributed by atoms with van der Waals surface area (Å²) >= 11 is 1.85. The molecule has 4 heteroatoms. The molecular formula is C14H25N3S. The highest BCUT2D eigenvalue weighted by atomic mass is 32.1. The molecule has 1 fully saturated rings. The highest BCUT2D eigenvalue weighted by Gasteiger charge is 2.17. The highest BCUT2D eigenvalue weighted by molar-refractivity contribution is 7.11. The SMILES string of the molecule is CC1CCCN(Cc2ncc(CNC(C)C)s2)C1. The molecule has 1 N–H and O–H groups in total. The Bertz CT molecular complexity index is 362. The first-order valence-electron chi connectivity index (χ1n) is 7.03. The summed E-state index contributed by atoms with van der Waals surface area (Å²) in [5, 5.41) is 4.71. The van der Waals surface area contributed by atoms with Crippen LogP contribution in [0.25, 0.3) is 0 Å². The van der Waals surface area contributed by atoms with Gasteiger partial charge in [0, 0.05) is 30.2 Å². The fourth-order valence-corrected chi connectivity index (χ4v) is 3.35. The molecule has 0 bridgehead atoms. The second kappa shape index (κ2) is 6.64. The minimum atomic E-state index is 0.540. The lowest BCUT2D eigenvalue weighted by molar-refractivity contribution is 0.176. The molecule has 2 heterocycles. The first kappa shape index (κ1) is 14.0. The molecule has 1 aromatic heterocycles. The van der Waals surface area contributed by atoms with Crippen molar-refractivity contribution in [3.8, 4) is 0 Å². The van der Waals surface area contributed by atoms with Crippen LogP contribution in [-0.2, 0) is 13.1 Å². The first-order valence-corrected chi connectivity index (χ1v) is 7.84. The van der Waals surface area contributed by atoms with Crippen LogP contribution in [0.2, 0.25) is 0 Å². The topological polar surface area (TPSA) is 28.2 Å². The Kier molecular flexibility index (Phi) is 5.15.